The number of ether oxygens (including phenoxy) is 1. The fourth-order valence-corrected chi connectivity index (χ4v) is 2.58. The van der Waals surface area contributed by atoms with Crippen LogP contribution in [0.25, 0.3) is 0 Å². The zero-order valence-corrected chi connectivity index (χ0v) is 13.4. The van der Waals surface area contributed by atoms with Gasteiger partial charge in [-0.25, -0.2) is 0 Å². The third-order valence-electron chi connectivity index (χ3n) is 3.15. The Kier molecular flexibility index (Phi) is 5.21. The summed E-state index contributed by atoms with van der Waals surface area (Å²) in [6, 6.07) is 14.5. The van der Waals surface area contributed by atoms with E-state index in [4.69, 9.17) is 16.3 Å². The van der Waals surface area contributed by atoms with Gasteiger partial charge in [-0.2, -0.15) is 0 Å². The van der Waals surface area contributed by atoms with Gasteiger partial charge in [-0.05, 0) is 43.0 Å². The standard InChI is InChI=1S/C16H18ClNOS/c1-11(12-4-7-14(20-3)8-5-12)18-13-6-9-15(17)16(10-13)19-2/h4-11,18H,1-3H3. The maximum Gasteiger partial charge on any atom is 0.139 e. The summed E-state index contributed by atoms with van der Waals surface area (Å²) >= 11 is 7.78. The summed E-state index contributed by atoms with van der Waals surface area (Å²) in [6.07, 6.45) is 2.08. The molecule has 2 aromatic carbocycles. The van der Waals surface area contributed by atoms with E-state index in [1.807, 2.05) is 18.2 Å². The minimum Gasteiger partial charge on any atom is -0.495 e. The van der Waals surface area contributed by atoms with Crippen LogP contribution in [0, 0.1) is 0 Å². The normalized spacial score (nSPS) is 12.0. The first-order valence-corrected chi connectivity index (χ1v) is 7.98. The van der Waals surface area contributed by atoms with Crippen LogP contribution in [0.1, 0.15) is 18.5 Å². The second-order valence-electron chi connectivity index (χ2n) is 4.49. The Bertz CT molecular complexity index is 571. The average molecular weight is 308 g/mol. The van der Waals surface area contributed by atoms with Crippen LogP contribution in [0.3, 0.4) is 0 Å². The van der Waals surface area contributed by atoms with Gasteiger partial charge in [0.05, 0.1) is 12.1 Å². The number of hydrogen-bond acceptors (Lipinski definition) is 3. The predicted molar refractivity (Wildman–Crippen MR) is 88.3 cm³/mol. The molecule has 0 spiro atoms. The quantitative estimate of drug-likeness (QED) is 0.763. The lowest BCUT2D eigenvalue weighted by atomic mass is 10.1. The fourth-order valence-electron chi connectivity index (χ4n) is 1.98. The highest BCUT2D eigenvalue weighted by Crippen LogP contribution is 2.29. The number of nitrogens with one attached hydrogen (secondary N) is 1. The molecule has 0 radical (unpaired) electrons. The van der Waals surface area contributed by atoms with E-state index < -0.39 is 0 Å². The summed E-state index contributed by atoms with van der Waals surface area (Å²) in [5, 5.41) is 4.07. The molecule has 2 rings (SSSR count). The highest BCUT2D eigenvalue weighted by Gasteiger charge is 2.07. The summed E-state index contributed by atoms with van der Waals surface area (Å²) in [6.45, 7) is 2.13. The Morgan fingerprint density at radius 2 is 1.85 bits per heavy atom. The van der Waals surface area contributed by atoms with Gasteiger partial charge in [0, 0.05) is 22.7 Å². The molecule has 0 fully saturated rings. The van der Waals surface area contributed by atoms with Crippen molar-refractivity contribution >= 4 is 29.1 Å². The van der Waals surface area contributed by atoms with Crippen molar-refractivity contribution in [2.24, 2.45) is 0 Å². The lowest BCUT2D eigenvalue weighted by molar-refractivity contribution is 0.415. The molecule has 1 atom stereocenters. The largest absolute Gasteiger partial charge is 0.495 e. The van der Waals surface area contributed by atoms with E-state index >= 15 is 0 Å². The molecule has 2 nitrogen and oxygen atoms in total. The maximum atomic E-state index is 6.03. The van der Waals surface area contributed by atoms with Crippen molar-refractivity contribution in [2.45, 2.75) is 17.9 Å². The molecule has 0 aromatic heterocycles. The van der Waals surface area contributed by atoms with E-state index in [-0.39, 0.29) is 6.04 Å². The zero-order valence-electron chi connectivity index (χ0n) is 11.8. The van der Waals surface area contributed by atoms with Crippen molar-refractivity contribution < 1.29 is 4.74 Å². The van der Waals surface area contributed by atoms with Crippen molar-refractivity contribution in [1.29, 1.82) is 0 Å². The van der Waals surface area contributed by atoms with Gasteiger partial charge >= 0.3 is 0 Å². The first-order valence-electron chi connectivity index (χ1n) is 6.38. The molecule has 0 bridgehead atoms. The number of anilines is 1. The number of methoxy groups -OCH3 is 1. The van der Waals surface area contributed by atoms with Crippen molar-refractivity contribution in [3.8, 4) is 5.75 Å². The molecular formula is C16H18ClNOS. The Hall–Kier alpha value is -1.32. The van der Waals surface area contributed by atoms with Crippen molar-refractivity contribution in [1.82, 2.24) is 0 Å². The van der Waals surface area contributed by atoms with E-state index in [1.165, 1.54) is 10.5 Å². The SMILES string of the molecule is COc1cc(NC(C)c2ccc(SC)cc2)ccc1Cl. The molecule has 0 saturated carbocycles. The third kappa shape index (κ3) is 3.62. The van der Waals surface area contributed by atoms with Gasteiger partial charge in [0.15, 0.2) is 0 Å². The Morgan fingerprint density at radius 1 is 1.15 bits per heavy atom. The number of halogens is 1. The van der Waals surface area contributed by atoms with Crippen molar-refractivity contribution in [3.05, 3.63) is 53.1 Å². The molecule has 0 aliphatic carbocycles. The maximum absolute atomic E-state index is 6.03. The van der Waals surface area contributed by atoms with Crippen LogP contribution in [-0.4, -0.2) is 13.4 Å². The van der Waals surface area contributed by atoms with Crippen molar-refractivity contribution in [2.75, 3.05) is 18.7 Å². The van der Waals surface area contributed by atoms with Crippen LogP contribution >= 0.6 is 23.4 Å². The molecule has 1 unspecified atom stereocenters. The molecule has 20 heavy (non-hydrogen) atoms. The summed E-state index contributed by atoms with van der Waals surface area (Å²) in [4.78, 5) is 1.27. The molecular weight excluding hydrogens is 290 g/mol. The van der Waals surface area contributed by atoms with Crippen LogP contribution in [0.15, 0.2) is 47.4 Å². The summed E-state index contributed by atoms with van der Waals surface area (Å²) in [7, 11) is 1.62. The Balaban J connectivity index is 2.12. The van der Waals surface area contributed by atoms with Gasteiger partial charge in [0.2, 0.25) is 0 Å². The van der Waals surface area contributed by atoms with E-state index in [0.717, 1.165) is 5.69 Å². The Morgan fingerprint density at radius 3 is 2.45 bits per heavy atom. The van der Waals surface area contributed by atoms with Gasteiger partial charge in [0.1, 0.15) is 5.75 Å². The van der Waals surface area contributed by atoms with Gasteiger partial charge in [-0.15, -0.1) is 11.8 Å². The first kappa shape index (κ1) is 15.1. The number of benzene rings is 2. The fraction of sp³-hybridized carbons (Fsp3) is 0.250. The summed E-state index contributed by atoms with van der Waals surface area (Å²) in [5.41, 5.74) is 2.24. The highest BCUT2D eigenvalue weighted by molar-refractivity contribution is 7.98. The highest BCUT2D eigenvalue weighted by atomic mass is 35.5. The average Bonchev–Trinajstić information content (AvgIpc) is 2.49. The lowest BCUT2D eigenvalue weighted by Gasteiger charge is -2.17. The van der Waals surface area contributed by atoms with Crippen LogP contribution in [0.5, 0.6) is 5.75 Å². The zero-order chi connectivity index (χ0) is 14.5. The topological polar surface area (TPSA) is 21.3 Å². The first-order chi connectivity index (χ1) is 9.63. The summed E-state index contributed by atoms with van der Waals surface area (Å²) in [5.74, 6) is 0.682. The van der Waals surface area contributed by atoms with Gasteiger partial charge in [-0.1, -0.05) is 23.7 Å². The predicted octanol–water partition coefficient (Wildman–Crippen LogP) is 5.24. The van der Waals surface area contributed by atoms with Gasteiger partial charge < -0.3 is 10.1 Å². The number of thioether (sulfide) groups is 1. The van der Waals surface area contributed by atoms with Crippen LogP contribution in [0.4, 0.5) is 5.69 Å². The molecule has 106 valence electrons. The van der Waals surface area contributed by atoms with E-state index in [0.29, 0.717) is 10.8 Å². The van der Waals surface area contributed by atoms with E-state index in [1.54, 1.807) is 18.9 Å². The second-order valence-corrected chi connectivity index (χ2v) is 5.78. The molecule has 0 saturated heterocycles. The molecule has 0 aliphatic rings. The molecule has 0 heterocycles. The number of rotatable bonds is 5. The second kappa shape index (κ2) is 6.91. The monoisotopic (exact) mass is 307 g/mol. The smallest absolute Gasteiger partial charge is 0.139 e. The number of hydrogen-bond donors (Lipinski definition) is 1. The van der Waals surface area contributed by atoms with E-state index in [9.17, 15) is 0 Å². The minimum absolute atomic E-state index is 0.219. The molecule has 4 heteroatoms. The van der Waals surface area contributed by atoms with Gasteiger partial charge in [0.25, 0.3) is 0 Å². The van der Waals surface area contributed by atoms with Crippen LogP contribution in [-0.2, 0) is 0 Å². The molecule has 0 amide bonds. The third-order valence-corrected chi connectivity index (χ3v) is 4.21. The molecule has 1 N–H and O–H groups in total. The Labute approximate surface area is 129 Å². The van der Waals surface area contributed by atoms with E-state index in [2.05, 4.69) is 42.8 Å². The van der Waals surface area contributed by atoms with Crippen molar-refractivity contribution in [3.63, 3.8) is 0 Å². The van der Waals surface area contributed by atoms with Crippen LogP contribution in [0.2, 0.25) is 5.02 Å². The minimum atomic E-state index is 0.219. The lowest BCUT2D eigenvalue weighted by Crippen LogP contribution is -2.06. The summed E-state index contributed by atoms with van der Waals surface area (Å²) < 4.78 is 5.23. The van der Waals surface area contributed by atoms with Gasteiger partial charge in [-0.3, -0.25) is 0 Å². The molecule has 2 aromatic rings. The van der Waals surface area contributed by atoms with Crippen LogP contribution < -0.4 is 10.1 Å². The molecule has 0 aliphatic heterocycles.